The quantitative estimate of drug-likeness (QED) is 0.332. The van der Waals surface area contributed by atoms with Crippen molar-refractivity contribution < 1.29 is 4.92 Å². The van der Waals surface area contributed by atoms with E-state index in [0.29, 0.717) is 11.4 Å². The Morgan fingerprint density at radius 2 is 1.94 bits per heavy atom. The fourth-order valence-electron chi connectivity index (χ4n) is 1.02. The summed E-state index contributed by atoms with van der Waals surface area (Å²) in [4.78, 5) is 9.96. The van der Waals surface area contributed by atoms with Gasteiger partial charge in [-0.25, -0.2) is 0 Å². The number of allylic oxidation sites excluding steroid dienone is 3. The summed E-state index contributed by atoms with van der Waals surface area (Å²) in [6.07, 6.45) is 4.77. The lowest BCUT2D eigenvalue weighted by Gasteiger charge is -1.93. The molecule has 0 unspecified atom stereocenters. The molecule has 0 atom stereocenters. The van der Waals surface area contributed by atoms with Gasteiger partial charge in [-0.2, -0.15) is 10.2 Å². The van der Waals surface area contributed by atoms with E-state index in [9.17, 15) is 10.1 Å². The van der Waals surface area contributed by atoms with Crippen molar-refractivity contribution in [1.82, 2.24) is 0 Å². The number of nitrogens with zero attached hydrogens (tertiary/aromatic N) is 3. The maximum Gasteiger partial charge on any atom is 0.269 e. The monoisotopic (exact) mass is 229 g/mol. The van der Waals surface area contributed by atoms with Gasteiger partial charge >= 0.3 is 0 Å². The molecule has 0 radical (unpaired) electrons. The van der Waals surface area contributed by atoms with Crippen LogP contribution in [0.15, 0.2) is 71.6 Å². The molecule has 0 heterocycles. The van der Waals surface area contributed by atoms with E-state index < -0.39 is 4.92 Å². The van der Waals surface area contributed by atoms with E-state index in [1.54, 1.807) is 12.2 Å². The minimum Gasteiger partial charge on any atom is -0.258 e. The predicted octanol–water partition coefficient (Wildman–Crippen LogP) is 3.93. The highest BCUT2D eigenvalue weighted by molar-refractivity contribution is 5.43. The van der Waals surface area contributed by atoms with Gasteiger partial charge in [0.1, 0.15) is 0 Å². The van der Waals surface area contributed by atoms with Gasteiger partial charge in [0.2, 0.25) is 0 Å². The van der Waals surface area contributed by atoms with Crippen LogP contribution in [0, 0.1) is 10.1 Å². The molecule has 0 aliphatic heterocycles. The second-order valence-electron chi connectivity index (χ2n) is 3.00. The molecule has 0 amide bonds. The molecule has 0 aromatic heterocycles. The summed E-state index contributed by atoms with van der Waals surface area (Å²) < 4.78 is 0. The Balaban J connectivity index is 2.85. The normalized spacial score (nSPS) is 11.4. The second-order valence-corrected chi connectivity index (χ2v) is 3.00. The topological polar surface area (TPSA) is 67.9 Å². The van der Waals surface area contributed by atoms with Crippen molar-refractivity contribution in [2.45, 2.75) is 0 Å². The summed E-state index contributed by atoms with van der Waals surface area (Å²) in [5.41, 5.74) is 1.13. The molecule has 86 valence electrons. The van der Waals surface area contributed by atoms with Crippen LogP contribution < -0.4 is 0 Å². The number of azo groups is 1. The lowest BCUT2D eigenvalue weighted by molar-refractivity contribution is -0.384. The van der Waals surface area contributed by atoms with Crippen molar-refractivity contribution >= 4 is 11.4 Å². The van der Waals surface area contributed by atoms with Gasteiger partial charge in [0, 0.05) is 12.1 Å². The highest BCUT2D eigenvalue weighted by Crippen LogP contribution is 2.19. The number of rotatable bonds is 5. The summed E-state index contributed by atoms with van der Waals surface area (Å²) in [6.45, 7) is 7.10. The molecular formula is C12H11N3O2. The first-order valence-electron chi connectivity index (χ1n) is 4.78. The molecule has 0 aliphatic carbocycles. The summed E-state index contributed by atoms with van der Waals surface area (Å²) in [5, 5.41) is 18.2. The zero-order valence-electron chi connectivity index (χ0n) is 9.11. The standard InChI is InChI=1S/C12H11N3O2/c1-3-5-10(4-2)13-14-11-6-8-12(9-7-11)15(16)17/h3-9H,1-2H2/b10-5+,14-13?. The van der Waals surface area contributed by atoms with Crippen molar-refractivity contribution in [3.05, 3.63) is 71.5 Å². The third-order valence-corrected chi connectivity index (χ3v) is 1.84. The van der Waals surface area contributed by atoms with Gasteiger partial charge in [0.15, 0.2) is 0 Å². The lowest BCUT2D eigenvalue weighted by Crippen LogP contribution is -1.85. The Hall–Kier alpha value is -2.56. The molecule has 0 saturated heterocycles. The molecule has 0 N–H and O–H groups in total. The van der Waals surface area contributed by atoms with Crippen molar-refractivity contribution in [3.63, 3.8) is 0 Å². The first-order valence-corrected chi connectivity index (χ1v) is 4.78. The van der Waals surface area contributed by atoms with Crippen LogP contribution in [0.1, 0.15) is 0 Å². The van der Waals surface area contributed by atoms with Crippen LogP contribution in [0.4, 0.5) is 11.4 Å². The van der Waals surface area contributed by atoms with E-state index in [2.05, 4.69) is 23.4 Å². The molecule has 0 bridgehead atoms. The van der Waals surface area contributed by atoms with E-state index in [-0.39, 0.29) is 5.69 Å². The van der Waals surface area contributed by atoms with Gasteiger partial charge in [-0.3, -0.25) is 10.1 Å². The Kier molecular flexibility index (Phi) is 4.50. The number of benzene rings is 1. The van der Waals surface area contributed by atoms with Crippen LogP contribution in [0.25, 0.3) is 0 Å². The lowest BCUT2D eigenvalue weighted by atomic mass is 10.3. The van der Waals surface area contributed by atoms with E-state index in [1.807, 2.05) is 0 Å². The molecule has 5 nitrogen and oxygen atoms in total. The van der Waals surface area contributed by atoms with Crippen molar-refractivity contribution in [2.75, 3.05) is 0 Å². The van der Waals surface area contributed by atoms with Gasteiger partial charge in [-0.15, -0.1) is 0 Å². The molecule has 1 aromatic carbocycles. The number of hydrogen-bond acceptors (Lipinski definition) is 4. The Morgan fingerprint density at radius 1 is 1.29 bits per heavy atom. The smallest absolute Gasteiger partial charge is 0.258 e. The van der Waals surface area contributed by atoms with Crippen LogP contribution in [-0.2, 0) is 0 Å². The summed E-state index contributed by atoms with van der Waals surface area (Å²) in [7, 11) is 0. The molecule has 0 aliphatic rings. The van der Waals surface area contributed by atoms with Gasteiger partial charge < -0.3 is 0 Å². The van der Waals surface area contributed by atoms with Crippen LogP contribution in [-0.4, -0.2) is 4.92 Å². The summed E-state index contributed by atoms with van der Waals surface area (Å²) in [5.74, 6) is 0. The van der Waals surface area contributed by atoms with E-state index in [4.69, 9.17) is 0 Å². The average molecular weight is 229 g/mol. The van der Waals surface area contributed by atoms with Crippen molar-refractivity contribution in [3.8, 4) is 0 Å². The highest BCUT2D eigenvalue weighted by Gasteiger charge is 2.02. The molecule has 5 heteroatoms. The fraction of sp³-hybridized carbons (Fsp3) is 0. The minimum atomic E-state index is -0.465. The highest BCUT2D eigenvalue weighted by atomic mass is 16.6. The number of hydrogen-bond donors (Lipinski definition) is 0. The molecule has 1 rings (SSSR count). The van der Waals surface area contributed by atoms with E-state index in [1.165, 1.54) is 30.3 Å². The maximum absolute atomic E-state index is 10.4. The molecule has 17 heavy (non-hydrogen) atoms. The van der Waals surface area contributed by atoms with E-state index >= 15 is 0 Å². The average Bonchev–Trinajstić information content (AvgIpc) is 2.35. The first kappa shape index (κ1) is 12.5. The van der Waals surface area contributed by atoms with Crippen molar-refractivity contribution in [1.29, 1.82) is 0 Å². The minimum absolute atomic E-state index is 0.0227. The molecule has 0 fully saturated rings. The molecular weight excluding hydrogens is 218 g/mol. The van der Waals surface area contributed by atoms with Crippen LogP contribution in [0.3, 0.4) is 0 Å². The van der Waals surface area contributed by atoms with E-state index in [0.717, 1.165) is 0 Å². The van der Waals surface area contributed by atoms with Crippen molar-refractivity contribution in [2.24, 2.45) is 10.2 Å². The largest absolute Gasteiger partial charge is 0.269 e. The molecule has 1 aromatic rings. The Morgan fingerprint density at radius 3 is 2.41 bits per heavy atom. The van der Waals surface area contributed by atoms with Gasteiger partial charge in [-0.05, 0) is 24.3 Å². The van der Waals surface area contributed by atoms with Gasteiger partial charge in [-0.1, -0.05) is 19.2 Å². The number of nitro groups is 1. The SMILES string of the molecule is C=C/C=C(\C=C)N=Nc1ccc([N+](=O)[O-])cc1. The van der Waals surface area contributed by atoms with Crippen LogP contribution in [0.5, 0.6) is 0 Å². The number of nitro benzene ring substituents is 1. The molecule has 0 spiro atoms. The van der Waals surface area contributed by atoms with Crippen LogP contribution in [0.2, 0.25) is 0 Å². The summed E-state index contributed by atoms with van der Waals surface area (Å²) >= 11 is 0. The Labute approximate surface area is 98.7 Å². The maximum atomic E-state index is 10.4. The third-order valence-electron chi connectivity index (χ3n) is 1.84. The fourth-order valence-corrected chi connectivity index (χ4v) is 1.02. The van der Waals surface area contributed by atoms with Gasteiger partial charge in [0.25, 0.3) is 5.69 Å². The Bertz CT molecular complexity index is 487. The predicted molar refractivity (Wildman–Crippen MR) is 66.1 cm³/mol. The van der Waals surface area contributed by atoms with Gasteiger partial charge in [0.05, 0.1) is 16.3 Å². The third kappa shape index (κ3) is 3.83. The number of non-ortho nitro benzene ring substituents is 1. The summed E-state index contributed by atoms with van der Waals surface area (Å²) in [6, 6.07) is 5.80. The second kappa shape index (κ2) is 6.12. The zero-order valence-corrected chi connectivity index (χ0v) is 9.11. The first-order chi connectivity index (χ1) is 8.17. The zero-order chi connectivity index (χ0) is 12.7. The molecule has 0 saturated carbocycles. The van der Waals surface area contributed by atoms with Crippen LogP contribution >= 0.6 is 0 Å².